The van der Waals surface area contributed by atoms with Crippen LogP contribution in [0.3, 0.4) is 0 Å². The average Bonchev–Trinajstić information content (AvgIpc) is 2.94. The lowest BCUT2D eigenvalue weighted by atomic mass is 9.73. The van der Waals surface area contributed by atoms with Gasteiger partial charge in [0.15, 0.2) is 0 Å². The van der Waals surface area contributed by atoms with Gasteiger partial charge >= 0.3 is 0 Å². The van der Waals surface area contributed by atoms with Crippen LogP contribution in [0.5, 0.6) is 5.75 Å². The van der Waals surface area contributed by atoms with Crippen molar-refractivity contribution in [1.29, 1.82) is 0 Å². The maximum absolute atomic E-state index is 12.8. The molecule has 2 aromatic heterocycles. The summed E-state index contributed by atoms with van der Waals surface area (Å²) >= 11 is 6.47. The second kappa shape index (κ2) is 12.6. The third kappa shape index (κ3) is 6.57. The summed E-state index contributed by atoms with van der Waals surface area (Å²) < 4.78 is 5.34. The van der Waals surface area contributed by atoms with Gasteiger partial charge in [0.25, 0.3) is 0 Å². The molecule has 1 fully saturated rings. The second-order valence-electron chi connectivity index (χ2n) is 9.84. The van der Waals surface area contributed by atoms with Gasteiger partial charge in [-0.1, -0.05) is 17.7 Å². The first kappa shape index (κ1) is 27.3. The number of ether oxygens (including phenoxy) is 1. The zero-order valence-corrected chi connectivity index (χ0v) is 22.0. The summed E-state index contributed by atoms with van der Waals surface area (Å²) in [7, 11) is 1.58. The zero-order chi connectivity index (χ0) is 26.3. The highest BCUT2D eigenvalue weighted by Gasteiger charge is 2.41. The predicted molar refractivity (Wildman–Crippen MR) is 143 cm³/mol. The minimum absolute atomic E-state index is 0.328. The number of nitrogens with one attached hydrogen (secondary N) is 1. The van der Waals surface area contributed by atoms with Gasteiger partial charge in [-0.15, -0.1) is 0 Å². The van der Waals surface area contributed by atoms with E-state index in [4.69, 9.17) is 16.3 Å². The standard InChI is InChI=1S/C28H35ClN4O4/c1-37-21-7-8-24-22(17-21)26(23(29)19-31-24)25(34)9-10-28(27(35)32-36)11-15-33(16-12-28)14-3-2-5-20-6-4-13-30-18-20/h4,6-8,13,17-19,25,34,36H,2-3,5,9-12,14-16H2,1H3,(H,32,35)/t25-/m1/s1. The fraction of sp³-hybridized carbons (Fsp3) is 0.464. The number of pyridine rings is 2. The Labute approximate surface area is 222 Å². The minimum atomic E-state index is -0.890. The van der Waals surface area contributed by atoms with Gasteiger partial charge in [0.1, 0.15) is 5.75 Å². The van der Waals surface area contributed by atoms with Gasteiger partial charge in [0.2, 0.25) is 5.91 Å². The molecular formula is C28H35ClN4O4. The number of rotatable bonds is 11. The van der Waals surface area contributed by atoms with E-state index in [1.54, 1.807) is 13.3 Å². The molecular weight excluding hydrogens is 492 g/mol. The van der Waals surface area contributed by atoms with Gasteiger partial charge in [0, 0.05) is 29.5 Å². The van der Waals surface area contributed by atoms with Crippen molar-refractivity contribution in [3.8, 4) is 5.75 Å². The molecule has 198 valence electrons. The predicted octanol–water partition coefficient (Wildman–Crippen LogP) is 4.72. The zero-order valence-electron chi connectivity index (χ0n) is 21.2. The van der Waals surface area contributed by atoms with Crippen LogP contribution in [0.25, 0.3) is 10.9 Å². The van der Waals surface area contributed by atoms with Crippen molar-refractivity contribution in [3.05, 3.63) is 65.1 Å². The highest BCUT2D eigenvalue weighted by Crippen LogP contribution is 2.41. The molecule has 37 heavy (non-hydrogen) atoms. The molecule has 0 aliphatic carbocycles. The monoisotopic (exact) mass is 526 g/mol. The maximum atomic E-state index is 12.8. The molecule has 3 heterocycles. The van der Waals surface area contributed by atoms with Crippen molar-refractivity contribution in [2.75, 3.05) is 26.7 Å². The van der Waals surface area contributed by atoms with E-state index in [2.05, 4.69) is 20.9 Å². The van der Waals surface area contributed by atoms with Gasteiger partial charge in [-0.2, -0.15) is 0 Å². The summed E-state index contributed by atoms with van der Waals surface area (Å²) in [5, 5.41) is 21.8. The SMILES string of the molecule is COc1ccc2ncc(Cl)c([C@H](O)CCC3(C(=O)NO)CCN(CCCCc4cccnc4)CC3)c2c1. The molecule has 8 nitrogen and oxygen atoms in total. The number of hydrogen-bond donors (Lipinski definition) is 3. The van der Waals surface area contributed by atoms with E-state index in [0.717, 1.165) is 44.3 Å². The molecule has 9 heteroatoms. The van der Waals surface area contributed by atoms with Crippen LogP contribution in [0.2, 0.25) is 5.02 Å². The van der Waals surface area contributed by atoms with Crippen molar-refractivity contribution in [1.82, 2.24) is 20.3 Å². The van der Waals surface area contributed by atoms with Crippen molar-refractivity contribution < 1.29 is 19.8 Å². The van der Waals surface area contributed by atoms with Crippen molar-refractivity contribution in [3.63, 3.8) is 0 Å². The van der Waals surface area contributed by atoms with E-state index in [0.29, 0.717) is 47.5 Å². The normalized spacial score (nSPS) is 16.4. The van der Waals surface area contributed by atoms with Gasteiger partial charge < -0.3 is 14.7 Å². The molecule has 1 amide bonds. The number of fused-ring (bicyclic) bond motifs is 1. The molecule has 1 aromatic carbocycles. The highest BCUT2D eigenvalue weighted by molar-refractivity contribution is 6.32. The lowest BCUT2D eigenvalue weighted by Gasteiger charge is -2.40. The summed E-state index contributed by atoms with van der Waals surface area (Å²) in [6, 6.07) is 9.52. The Bertz CT molecular complexity index is 1190. The highest BCUT2D eigenvalue weighted by atomic mass is 35.5. The number of nitrogens with zero attached hydrogens (tertiary/aromatic N) is 3. The Morgan fingerprint density at radius 3 is 2.76 bits per heavy atom. The molecule has 1 saturated heterocycles. The van der Waals surface area contributed by atoms with Crippen molar-refractivity contribution >= 4 is 28.4 Å². The number of aliphatic hydroxyl groups is 1. The summed E-state index contributed by atoms with van der Waals surface area (Å²) in [5.74, 6) is 0.261. The number of carbonyl (C=O) groups excluding carboxylic acids is 1. The maximum Gasteiger partial charge on any atom is 0.249 e. The number of aryl methyl sites for hydroxylation is 1. The van der Waals surface area contributed by atoms with Crippen molar-refractivity contribution in [2.45, 2.75) is 51.0 Å². The summed E-state index contributed by atoms with van der Waals surface area (Å²) in [4.78, 5) is 23.7. The van der Waals surface area contributed by atoms with Crippen LogP contribution in [0.4, 0.5) is 0 Å². The lowest BCUT2D eigenvalue weighted by molar-refractivity contribution is -0.143. The molecule has 4 rings (SSSR count). The molecule has 0 spiro atoms. The number of aliphatic hydroxyl groups excluding tert-OH is 1. The number of piperidine rings is 1. The Kier molecular flexibility index (Phi) is 9.32. The van der Waals surface area contributed by atoms with Crippen LogP contribution in [0, 0.1) is 5.41 Å². The molecule has 0 bridgehead atoms. The largest absolute Gasteiger partial charge is 0.497 e. The van der Waals surface area contributed by atoms with Gasteiger partial charge in [-0.25, -0.2) is 5.48 Å². The number of carbonyl (C=O) groups is 1. The Balaban J connectivity index is 1.36. The minimum Gasteiger partial charge on any atom is -0.497 e. The van der Waals surface area contributed by atoms with E-state index < -0.39 is 11.5 Å². The van der Waals surface area contributed by atoms with E-state index in [9.17, 15) is 15.1 Å². The third-order valence-corrected chi connectivity index (χ3v) is 7.91. The first-order chi connectivity index (χ1) is 18.0. The topological polar surface area (TPSA) is 108 Å². The van der Waals surface area contributed by atoms with E-state index in [1.165, 1.54) is 11.8 Å². The number of hydrogen-bond acceptors (Lipinski definition) is 7. The van der Waals surface area contributed by atoms with Crippen molar-refractivity contribution in [2.24, 2.45) is 5.41 Å². The number of unbranched alkanes of at least 4 members (excludes halogenated alkanes) is 1. The number of hydroxylamine groups is 1. The van der Waals surface area contributed by atoms with Crippen LogP contribution in [0.1, 0.15) is 55.8 Å². The van der Waals surface area contributed by atoms with Crippen LogP contribution in [-0.2, 0) is 11.2 Å². The Hall–Kier alpha value is -2.78. The Morgan fingerprint density at radius 2 is 2.05 bits per heavy atom. The molecule has 3 aromatic rings. The number of likely N-dealkylation sites (tertiary alicyclic amines) is 1. The first-order valence-electron chi connectivity index (χ1n) is 12.8. The third-order valence-electron chi connectivity index (χ3n) is 7.61. The number of halogens is 1. The molecule has 1 atom stereocenters. The van der Waals surface area contributed by atoms with Crippen LogP contribution in [0.15, 0.2) is 48.9 Å². The smallest absolute Gasteiger partial charge is 0.249 e. The van der Waals surface area contributed by atoms with E-state index >= 15 is 0 Å². The second-order valence-corrected chi connectivity index (χ2v) is 10.2. The molecule has 0 unspecified atom stereocenters. The summed E-state index contributed by atoms with van der Waals surface area (Å²) in [6.07, 6.45) is 9.51. The first-order valence-corrected chi connectivity index (χ1v) is 13.2. The molecule has 0 radical (unpaired) electrons. The van der Waals surface area contributed by atoms with Crippen LogP contribution in [-0.4, -0.2) is 57.8 Å². The van der Waals surface area contributed by atoms with E-state index in [-0.39, 0.29) is 5.91 Å². The number of aromatic nitrogens is 2. The van der Waals surface area contributed by atoms with Gasteiger partial charge in [-0.3, -0.25) is 20.0 Å². The van der Waals surface area contributed by atoms with Gasteiger partial charge in [-0.05, 0) is 94.4 Å². The lowest BCUT2D eigenvalue weighted by Crippen LogP contribution is -2.48. The molecule has 1 aliphatic rings. The van der Waals surface area contributed by atoms with Gasteiger partial charge in [0.05, 0.1) is 29.2 Å². The average molecular weight is 527 g/mol. The molecule has 0 saturated carbocycles. The van der Waals surface area contributed by atoms with Crippen LogP contribution >= 0.6 is 11.6 Å². The fourth-order valence-corrected chi connectivity index (χ4v) is 5.59. The number of methoxy groups -OCH3 is 1. The quantitative estimate of drug-likeness (QED) is 0.188. The van der Waals surface area contributed by atoms with E-state index in [1.807, 2.05) is 35.9 Å². The number of amides is 1. The summed E-state index contributed by atoms with van der Waals surface area (Å²) in [6.45, 7) is 2.51. The molecule has 1 aliphatic heterocycles. The van der Waals surface area contributed by atoms with Crippen LogP contribution < -0.4 is 10.2 Å². The fourth-order valence-electron chi connectivity index (χ4n) is 5.32. The summed E-state index contributed by atoms with van der Waals surface area (Å²) in [5.41, 5.74) is 3.68. The Morgan fingerprint density at radius 1 is 1.24 bits per heavy atom. The number of benzene rings is 1. The molecule has 3 N–H and O–H groups in total.